The molecular weight excluding hydrogens is 759 g/mol. The third-order valence-electron chi connectivity index (χ3n) is 8.93. The largest absolute Gasteiger partial charge is 0.372 e. The van der Waals surface area contributed by atoms with Gasteiger partial charge in [-0.25, -0.2) is 4.99 Å². The van der Waals surface area contributed by atoms with Crippen molar-refractivity contribution in [2.45, 2.75) is 90.2 Å². The fraction of sp³-hybridized carbons (Fsp3) is 0.513. The van der Waals surface area contributed by atoms with E-state index in [1.165, 1.54) is 6.07 Å². The highest BCUT2D eigenvalue weighted by Gasteiger charge is 2.37. The van der Waals surface area contributed by atoms with Crippen molar-refractivity contribution in [3.8, 4) is 0 Å². The summed E-state index contributed by atoms with van der Waals surface area (Å²) in [5, 5.41) is 9.35. The van der Waals surface area contributed by atoms with Crippen molar-refractivity contribution in [2.24, 2.45) is 10.4 Å². The zero-order chi connectivity index (χ0) is 40.3. The van der Waals surface area contributed by atoms with E-state index in [2.05, 4.69) is 66.5 Å². The summed E-state index contributed by atoms with van der Waals surface area (Å²) in [5.41, 5.74) is 6.56. The van der Waals surface area contributed by atoms with Gasteiger partial charge in [0.2, 0.25) is 23.8 Å². The Morgan fingerprint density at radius 3 is 2.36 bits per heavy atom. The van der Waals surface area contributed by atoms with E-state index in [1.54, 1.807) is 40.0 Å². The molecule has 2 heterocycles. The summed E-state index contributed by atoms with van der Waals surface area (Å²) in [6.07, 6.45) is 5.19. The lowest BCUT2D eigenvalue weighted by Crippen LogP contribution is -2.37. The number of aromatic nitrogens is 3. The molecule has 3 aromatic rings. The van der Waals surface area contributed by atoms with Crippen molar-refractivity contribution in [3.63, 3.8) is 0 Å². The number of hydrogen-bond acceptors (Lipinski definition) is 12. The number of aliphatic imine (C=N–C) groups is 1. The number of halogens is 2. The molecule has 16 heteroatoms. The highest BCUT2D eigenvalue weighted by Crippen LogP contribution is 2.41. The molecule has 0 spiro atoms. The number of nitrogen functional groups attached to an aromatic ring is 1. The summed E-state index contributed by atoms with van der Waals surface area (Å²) in [6.45, 7) is 15.7. The van der Waals surface area contributed by atoms with Crippen LogP contribution in [0.25, 0.3) is 0 Å². The van der Waals surface area contributed by atoms with Gasteiger partial charge in [-0.3, -0.25) is 24.6 Å². The van der Waals surface area contributed by atoms with E-state index in [0.29, 0.717) is 34.1 Å². The topological polar surface area (TPSA) is 171 Å². The Morgan fingerprint density at radius 1 is 1.00 bits per heavy atom. The van der Waals surface area contributed by atoms with Gasteiger partial charge in [0.15, 0.2) is 11.5 Å². The van der Waals surface area contributed by atoms with E-state index in [-0.39, 0.29) is 39.1 Å². The molecular formula is C39H54Cl2N10O3S. The Labute approximate surface area is 339 Å². The number of anilines is 5. The van der Waals surface area contributed by atoms with E-state index in [0.717, 1.165) is 64.0 Å². The van der Waals surface area contributed by atoms with Gasteiger partial charge in [0.1, 0.15) is 0 Å². The molecule has 1 aliphatic rings. The van der Waals surface area contributed by atoms with Gasteiger partial charge in [0.25, 0.3) is 5.91 Å². The van der Waals surface area contributed by atoms with Gasteiger partial charge >= 0.3 is 0 Å². The second-order valence-electron chi connectivity index (χ2n) is 15.1. The predicted octanol–water partition coefficient (Wildman–Crippen LogP) is 8.09. The molecule has 0 aliphatic carbocycles. The first kappa shape index (κ1) is 43.7. The van der Waals surface area contributed by atoms with Crippen molar-refractivity contribution in [1.82, 2.24) is 19.9 Å². The van der Waals surface area contributed by atoms with Gasteiger partial charge in [-0.15, -0.1) is 11.8 Å². The molecule has 2 amide bonds. The molecule has 0 bridgehead atoms. The van der Waals surface area contributed by atoms with Gasteiger partial charge in [-0.2, -0.15) is 15.0 Å². The van der Waals surface area contributed by atoms with Crippen molar-refractivity contribution in [2.75, 3.05) is 59.8 Å². The third-order valence-corrected chi connectivity index (χ3v) is 11.1. The van der Waals surface area contributed by atoms with Crippen LogP contribution in [0.2, 0.25) is 10.0 Å². The minimum atomic E-state index is -0.829. The molecule has 298 valence electrons. The number of benzene rings is 2. The number of nitrogens with zero attached hydrogens (tertiary/aromatic N) is 6. The van der Waals surface area contributed by atoms with Crippen molar-refractivity contribution < 1.29 is 14.4 Å². The summed E-state index contributed by atoms with van der Waals surface area (Å²) >= 11 is 14.3. The van der Waals surface area contributed by atoms with E-state index in [9.17, 15) is 14.4 Å². The molecule has 13 nitrogen and oxygen atoms in total. The number of carbonyl (C=O) groups excluding carboxylic acids is 3. The van der Waals surface area contributed by atoms with Crippen LogP contribution in [0.5, 0.6) is 0 Å². The van der Waals surface area contributed by atoms with E-state index >= 15 is 0 Å². The molecule has 55 heavy (non-hydrogen) atoms. The number of unbranched alkanes of at least 4 members (excludes halogenated alkanes) is 2. The summed E-state index contributed by atoms with van der Waals surface area (Å²) in [4.78, 5) is 60.7. The first-order chi connectivity index (χ1) is 26.0. The van der Waals surface area contributed by atoms with Crippen LogP contribution in [0.4, 0.5) is 34.9 Å². The van der Waals surface area contributed by atoms with E-state index < -0.39 is 11.3 Å². The van der Waals surface area contributed by atoms with Gasteiger partial charge in [-0.1, -0.05) is 50.4 Å². The number of rotatable bonds is 18. The molecule has 1 atom stereocenters. The molecule has 0 saturated carbocycles. The third kappa shape index (κ3) is 13.3. The fourth-order valence-corrected chi connectivity index (χ4v) is 8.23. The monoisotopic (exact) mass is 812 g/mol. The summed E-state index contributed by atoms with van der Waals surface area (Å²) in [7, 11) is 1.67. The molecule has 1 aliphatic heterocycles. The Bertz CT molecular complexity index is 1840. The summed E-state index contributed by atoms with van der Waals surface area (Å²) in [5.74, 6) is -0.667. The SMILES string of the molecule is CCN(CCCC1SC(C)(C)CN1CCCCCC(=O)Nc1nc(N)nc(NC)n1)c1ccc(N=C(C(=O)Nc2ccc(Cl)cc2Cl)C(=O)C(C)(C)C)cc1. The Morgan fingerprint density at radius 2 is 1.71 bits per heavy atom. The van der Waals surface area contributed by atoms with Crippen LogP contribution < -0.4 is 26.6 Å². The van der Waals surface area contributed by atoms with Gasteiger partial charge in [0.05, 0.1) is 21.8 Å². The molecule has 1 unspecified atom stereocenters. The molecule has 0 radical (unpaired) electrons. The van der Waals surface area contributed by atoms with Crippen LogP contribution in [0, 0.1) is 5.41 Å². The molecule has 1 saturated heterocycles. The van der Waals surface area contributed by atoms with Crippen molar-refractivity contribution in [3.05, 3.63) is 52.5 Å². The number of Topliss-reactive ketones (excluding diaryl/α,β-unsaturated/α-hetero) is 1. The number of nitrogens with one attached hydrogen (secondary N) is 3. The van der Waals surface area contributed by atoms with Crippen molar-refractivity contribution in [1.29, 1.82) is 0 Å². The molecule has 2 aromatic carbocycles. The quantitative estimate of drug-likeness (QED) is 0.0556. The lowest BCUT2D eigenvalue weighted by atomic mass is 9.87. The van der Waals surface area contributed by atoms with Crippen LogP contribution in [0.3, 0.4) is 0 Å². The first-order valence-electron chi connectivity index (χ1n) is 18.6. The number of carbonyl (C=O) groups is 3. The minimum absolute atomic E-state index is 0.0462. The predicted molar refractivity (Wildman–Crippen MR) is 228 cm³/mol. The second-order valence-corrected chi connectivity index (χ2v) is 17.8. The van der Waals surface area contributed by atoms with Crippen molar-refractivity contribution >= 4 is 93.2 Å². The molecule has 4 rings (SSSR count). The van der Waals surface area contributed by atoms with Crippen LogP contribution in [-0.2, 0) is 14.4 Å². The van der Waals surface area contributed by atoms with Gasteiger partial charge in [0, 0.05) is 54.0 Å². The Hall–Kier alpha value is -3.98. The average molecular weight is 814 g/mol. The fourth-order valence-electron chi connectivity index (χ4n) is 6.19. The van der Waals surface area contributed by atoms with E-state index in [1.807, 2.05) is 36.0 Å². The summed E-state index contributed by atoms with van der Waals surface area (Å²) < 4.78 is 0.176. The lowest BCUT2D eigenvalue weighted by molar-refractivity contribution is -0.121. The zero-order valence-corrected chi connectivity index (χ0v) is 35.2. The number of ketones is 1. The lowest BCUT2D eigenvalue weighted by Gasteiger charge is -2.26. The number of hydrogen-bond donors (Lipinski definition) is 4. The van der Waals surface area contributed by atoms with E-state index in [4.69, 9.17) is 28.9 Å². The standard InChI is InChI=1S/C39H54Cl2N10O3S/c1-8-50(27-18-16-26(17-19-27)44-32(33(53)38(2,3)4)34(54)45-29-20-15-25(40)23-28(29)41)22-12-14-31-51(24-39(5,6)55-31)21-11-9-10-13-30(52)46-37-48-35(42)47-36(43-7)49-37/h15-20,23,31H,8-14,21-22,24H2,1-7H3,(H,45,54)(H4,42,43,46,47,48,49,52). The normalized spacial score (nSPS) is 15.8. The molecule has 1 aromatic heterocycles. The zero-order valence-electron chi connectivity index (χ0n) is 32.8. The average Bonchev–Trinajstić information content (AvgIpc) is 3.41. The van der Waals surface area contributed by atoms with Crippen LogP contribution >= 0.6 is 35.0 Å². The molecule has 5 N–H and O–H groups in total. The minimum Gasteiger partial charge on any atom is -0.372 e. The highest BCUT2D eigenvalue weighted by molar-refractivity contribution is 8.01. The smallest absolute Gasteiger partial charge is 0.278 e. The summed E-state index contributed by atoms with van der Waals surface area (Å²) in [6, 6.07) is 12.4. The van der Waals surface area contributed by atoms with Crippen LogP contribution in [-0.4, -0.2) is 86.5 Å². The Kier molecular flexibility index (Phi) is 15.7. The highest BCUT2D eigenvalue weighted by atomic mass is 35.5. The van der Waals surface area contributed by atoms with Crippen LogP contribution in [0.15, 0.2) is 47.5 Å². The second kappa shape index (κ2) is 19.7. The first-order valence-corrected chi connectivity index (χ1v) is 20.3. The maximum atomic E-state index is 13.4. The molecule has 1 fully saturated rings. The number of amides is 2. The number of nitrogens with two attached hydrogens (primary N) is 1. The number of thioether (sulfide) groups is 1. The maximum absolute atomic E-state index is 13.4. The van der Waals surface area contributed by atoms with Gasteiger partial charge in [-0.05, 0) is 95.5 Å². The van der Waals surface area contributed by atoms with Gasteiger partial charge < -0.3 is 21.3 Å². The van der Waals surface area contributed by atoms with Crippen LogP contribution in [0.1, 0.15) is 80.1 Å². The Balaban J connectivity index is 1.29. The maximum Gasteiger partial charge on any atom is 0.278 e.